The van der Waals surface area contributed by atoms with Crippen LogP contribution in [0.3, 0.4) is 0 Å². The number of ether oxygens (including phenoxy) is 2. The van der Waals surface area contributed by atoms with Gasteiger partial charge in [-0.05, 0) is 42.6 Å². The maximum atomic E-state index is 13.3. The molecule has 34 heavy (non-hydrogen) atoms. The van der Waals surface area contributed by atoms with E-state index in [9.17, 15) is 4.79 Å². The van der Waals surface area contributed by atoms with Crippen molar-refractivity contribution in [3.63, 3.8) is 0 Å². The molecule has 3 aromatic heterocycles. The van der Waals surface area contributed by atoms with Crippen LogP contribution in [0.15, 0.2) is 82.7 Å². The average molecular weight is 473 g/mol. The topological polar surface area (TPSA) is 92.3 Å². The lowest BCUT2D eigenvalue weighted by molar-refractivity contribution is 0.0281. The average Bonchev–Trinajstić information content (AvgIpc) is 3.65. The number of esters is 1. The molecule has 1 unspecified atom stereocenters. The highest BCUT2D eigenvalue weighted by atomic mass is 32.1. The van der Waals surface area contributed by atoms with Gasteiger partial charge in [0.15, 0.2) is 6.10 Å². The summed E-state index contributed by atoms with van der Waals surface area (Å²) in [4.78, 5) is 14.1. The Labute approximate surface area is 199 Å². The van der Waals surface area contributed by atoms with Gasteiger partial charge in [0.2, 0.25) is 0 Å². The Kier molecular flexibility index (Phi) is 5.92. The molecule has 0 N–H and O–H groups in total. The van der Waals surface area contributed by atoms with Crippen molar-refractivity contribution in [1.29, 1.82) is 0 Å². The molecule has 0 aliphatic carbocycles. The molecule has 8 nitrogen and oxygen atoms in total. The van der Waals surface area contributed by atoms with E-state index in [-0.39, 0.29) is 11.5 Å². The molecule has 2 aromatic carbocycles. The highest BCUT2D eigenvalue weighted by Gasteiger charge is 2.26. The Morgan fingerprint density at radius 1 is 1.03 bits per heavy atom. The molecule has 0 amide bonds. The number of benzene rings is 2. The van der Waals surface area contributed by atoms with E-state index < -0.39 is 12.1 Å². The molecular weight excluding hydrogens is 452 g/mol. The third-order valence-electron chi connectivity index (χ3n) is 5.12. The van der Waals surface area contributed by atoms with E-state index in [0.717, 1.165) is 10.6 Å². The normalized spacial score (nSPS) is 11.8. The van der Waals surface area contributed by atoms with Crippen molar-refractivity contribution in [2.24, 2.45) is 0 Å². The van der Waals surface area contributed by atoms with E-state index in [1.54, 1.807) is 24.9 Å². The minimum absolute atomic E-state index is 0.214. The molecule has 0 spiro atoms. The lowest BCUT2D eigenvalue weighted by Crippen LogP contribution is -2.10. The highest BCUT2D eigenvalue weighted by molar-refractivity contribution is 7.13. The molecule has 5 rings (SSSR count). The molecule has 0 radical (unpaired) electrons. The zero-order valence-electron chi connectivity index (χ0n) is 18.4. The molecule has 0 saturated carbocycles. The van der Waals surface area contributed by atoms with Crippen LogP contribution in [0, 0.1) is 0 Å². The number of carbonyl (C=O) groups excluding carboxylic acids is 1. The largest absolute Gasteiger partial charge is 0.496 e. The van der Waals surface area contributed by atoms with Crippen LogP contribution in [-0.4, -0.2) is 33.1 Å². The van der Waals surface area contributed by atoms with Crippen molar-refractivity contribution in [3.8, 4) is 33.5 Å². The predicted octanol–water partition coefficient (Wildman–Crippen LogP) is 5.58. The maximum Gasteiger partial charge on any atom is 0.342 e. The van der Waals surface area contributed by atoms with Crippen LogP contribution in [0.25, 0.3) is 27.7 Å². The summed E-state index contributed by atoms with van der Waals surface area (Å²) in [5.74, 6) is 0.636. The monoisotopic (exact) mass is 472 g/mol. The van der Waals surface area contributed by atoms with E-state index in [0.29, 0.717) is 22.9 Å². The lowest BCUT2D eigenvalue weighted by atomic mass is 10.1. The fraction of sp³-hybridized carbons (Fsp3) is 0.120. The first-order chi connectivity index (χ1) is 16.6. The van der Waals surface area contributed by atoms with Crippen LogP contribution >= 0.6 is 11.3 Å². The molecule has 1 atom stereocenters. The number of hydrogen-bond donors (Lipinski definition) is 0. The molecule has 0 fully saturated rings. The standard InChI is InChI=1S/C25H20N4O4S/c1-16(23-26-27-24(33-23)21-13-8-14-34-21)32-25(30)19-15-29(17-9-4-3-5-10-17)28-22(19)18-11-6-7-12-20(18)31-2/h3-16H,1-2H3. The van der Waals surface area contributed by atoms with Gasteiger partial charge in [-0.1, -0.05) is 36.4 Å². The minimum Gasteiger partial charge on any atom is -0.496 e. The molecule has 170 valence electrons. The van der Waals surface area contributed by atoms with Crippen LogP contribution in [0.1, 0.15) is 29.3 Å². The SMILES string of the molecule is COc1ccccc1-c1nn(-c2ccccc2)cc1C(=O)OC(C)c1nnc(-c2cccs2)o1. The van der Waals surface area contributed by atoms with Crippen LogP contribution in [0.5, 0.6) is 5.75 Å². The van der Waals surface area contributed by atoms with Gasteiger partial charge in [0.25, 0.3) is 11.8 Å². The van der Waals surface area contributed by atoms with Crippen molar-refractivity contribution in [1.82, 2.24) is 20.0 Å². The number of rotatable bonds is 7. The van der Waals surface area contributed by atoms with Crippen LogP contribution < -0.4 is 4.74 Å². The number of para-hydroxylation sites is 2. The quantitative estimate of drug-likeness (QED) is 0.286. The fourth-order valence-electron chi connectivity index (χ4n) is 3.45. The number of aromatic nitrogens is 4. The summed E-state index contributed by atoms with van der Waals surface area (Å²) in [5, 5.41) is 14.7. The van der Waals surface area contributed by atoms with Crippen molar-refractivity contribution in [2.45, 2.75) is 13.0 Å². The Morgan fingerprint density at radius 3 is 2.59 bits per heavy atom. The number of hydrogen-bond acceptors (Lipinski definition) is 8. The van der Waals surface area contributed by atoms with Crippen LogP contribution in [0.4, 0.5) is 0 Å². The Balaban J connectivity index is 1.48. The first-order valence-corrected chi connectivity index (χ1v) is 11.4. The summed E-state index contributed by atoms with van der Waals surface area (Å²) in [5.41, 5.74) is 2.22. The number of thiophene rings is 1. The molecule has 5 aromatic rings. The summed E-state index contributed by atoms with van der Waals surface area (Å²) >= 11 is 1.49. The zero-order valence-corrected chi connectivity index (χ0v) is 19.2. The van der Waals surface area contributed by atoms with E-state index >= 15 is 0 Å². The van der Waals surface area contributed by atoms with Crippen LogP contribution in [-0.2, 0) is 4.74 Å². The second kappa shape index (κ2) is 9.32. The Hall–Kier alpha value is -4.24. The van der Waals surface area contributed by atoms with Gasteiger partial charge in [-0.3, -0.25) is 0 Å². The predicted molar refractivity (Wildman–Crippen MR) is 127 cm³/mol. The highest BCUT2D eigenvalue weighted by Crippen LogP contribution is 2.33. The summed E-state index contributed by atoms with van der Waals surface area (Å²) in [6.45, 7) is 1.69. The van der Waals surface area contributed by atoms with Crippen LogP contribution in [0.2, 0.25) is 0 Å². The molecular formula is C25H20N4O4S. The molecule has 0 saturated heterocycles. The Bertz CT molecular complexity index is 1410. The molecule has 0 bridgehead atoms. The zero-order chi connectivity index (χ0) is 23.5. The van der Waals surface area contributed by atoms with Gasteiger partial charge in [-0.15, -0.1) is 21.5 Å². The van der Waals surface area contributed by atoms with Gasteiger partial charge in [-0.2, -0.15) is 5.10 Å². The summed E-state index contributed by atoms with van der Waals surface area (Å²) in [7, 11) is 1.58. The van der Waals surface area contributed by atoms with Crippen molar-refractivity contribution < 1.29 is 18.7 Å². The molecule has 0 aliphatic heterocycles. The first-order valence-electron chi connectivity index (χ1n) is 10.5. The molecule has 3 heterocycles. The van der Waals surface area contributed by atoms with Gasteiger partial charge in [0.05, 0.1) is 17.7 Å². The van der Waals surface area contributed by atoms with E-state index in [1.165, 1.54) is 11.3 Å². The van der Waals surface area contributed by atoms with Gasteiger partial charge < -0.3 is 13.9 Å². The fourth-order valence-corrected chi connectivity index (χ4v) is 4.09. The first kappa shape index (κ1) is 21.6. The second-order valence-electron chi connectivity index (χ2n) is 7.34. The maximum absolute atomic E-state index is 13.3. The van der Waals surface area contributed by atoms with Gasteiger partial charge in [0, 0.05) is 11.8 Å². The van der Waals surface area contributed by atoms with Crippen molar-refractivity contribution in [3.05, 3.63) is 89.8 Å². The van der Waals surface area contributed by atoms with Crippen molar-refractivity contribution >= 4 is 17.3 Å². The third-order valence-corrected chi connectivity index (χ3v) is 5.98. The van der Waals surface area contributed by atoms with E-state index in [4.69, 9.17) is 13.9 Å². The number of methoxy groups -OCH3 is 1. The molecule has 9 heteroatoms. The summed E-state index contributed by atoms with van der Waals surface area (Å²) < 4.78 is 18.6. The second-order valence-corrected chi connectivity index (χ2v) is 8.29. The van der Waals surface area contributed by atoms with Gasteiger partial charge in [-0.25, -0.2) is 9.48 Å². The smallest absolute Gasteiger partial charge is 0.342 e. The number of carbonyl (C=O) groups is 1. The van der Waals surface area contributed by atoms with Gasteiger partial charge in [0.1, 0.15) is 17.0 Å². The van der Waals surface area contributed by atoms with Crippen molar-refractivity contribution in [2.75, 3.05) is 7.11 Å². The molecule has 0 aliphatic rings. The van der Waals surface area contributed by atoms with E-state index in [2.05, 4.69) is 15.3 Å². The van der Waals surface area contributed by atoms with Gasteiger partial charge >= 0.3 is 5.97 Å². The summed E-state index contributed by atoms with van der Waals surface area (Å²) in [6, 6.07) is 20.7. The van der Waals surface area contributed by atoms with E-state index in [1.807, 2.05) is 72.1 Å². The third kappa shape index (κ3) is 4.20. The lowest BCUT2D eigenvalue weighted by Gasteiger charge is -2.10. The minimum atomic E-state index is -0.751. The summed E-state index contributed by atoms with van der Waals surface area (Å²) in [6.07, 6.45) is 0.899. The Morgan fingerprint density at radius 2 is 1.82 bits per heavy atom. The number of nitrogens with zero attached hydrogens (tertiary/aromatic N) is 4.